The van der Waals surface area contributed by atoms with Crippen molar-refractivity contribution in [2.45, 2.75) is 58.5 Å². The van der Waals surface area contributed by atoms with Gasteiger partial charge in [-0.25, -0.2) is 4.79 Å². The second-order valence-corrected chi connectivity index (χ2v) is 8.49. The predicted octanol–water partition coefficient (Wildman–Crippen LogP) is 3.22. The summed E-state index contributed by atoms with van der Waals surface area (Å²) in [5, 5.41) is 0. The van der Waals surface area contributed by atoms with Crippen molar-refractivity contribution in [1.82, 2.24) is 4.90 Å². The molecule has 3 atom stereocenters. The van der Waals surface area contributed by atoms with Crippen molar-refractivity contribution in [2.24, 2.45) is 23.7 Å². The van der Waals surface area contributed by atoms with Gasteiger partial charge in [-0.2, -0.15) is 0 Å². The summed E-state index contributed by atoms with van der Waals surface area (Å²) in [6.45, 7) is 7.52. The van der Waals surface area contributed by atoms with Crippen molar-refractivity contribution in [3.05, 3.63) is 0 Å². The molecule has 3 aliphatic rings. The second kappa shape index (κ2) is 6.33. The maximum atomic E-state index is 12.1. The van der Waals surface area contributed by atoms with E-state index in [4.69, 9.17) is 9.47 Å². The number of nitrogens with zero attached hydrogens (tertiary/aromatic N) is 1. The van der Waals surface area contributed by atoms with Gasteiger partial charge in [0, 0.05) is 13.1 Å². The zero-order valence-corrected chi connectivity index (χ0v) is 14.5. The van der Waals surface area contributed by atoms with Crippen LogP contribution in [0.5, 0.6) is 0 Å². The molecule has 0 aromatic heterocycles. The Morgan fingerprint density at radius 3 is 2.43 bits per heavy atom. The molecule has 2 bridgehead atoms. The molecule has 2 saturated carbocycles. The average Bonchev–Trinajstić information content (AvgIpc) is 3.01. The third-order valence-electron chi connectivity index (χ3n) is 5.42. The lowest BCUT2D eigenvalue weighted by atomic mass is 9.89. The minimum atomic E-state index is -0.446. The largest absolute Gasteiger partial charge is 0.465 e. The Bertz CT molecular complexity index is 464. The molecule has 0 aromatic carbocycles. The summed E-state index contributed by atoms with van der Waals surface area (Å²) in [7, 11) is 0. The summed E-state index contributed by atoms with van der Waals surface area (Å²) < 4.78 is 10.8. The highest BCUT2D eigenvalue weighted by atomic mass is 16.6. The van der Waals surface area contributed by atoms with Crippen LogP contribution in [0.4, 0.5) is 4.79 Å². The van der Waals surface area contributed by atoms with Gasteiger partial charge in [0.15, 0.2) is 0 Å². The van der Waals surface area contributed by atoms with Crippen LogP contribution in [0.1, 0.15) is 52.9 Å². The van der Waals surface area contributed by atoms with Crippen molar-refractivity contribution in [1.29, 1.82) is 0 Å². The number of hydrogen-bond acceptors (Lipinski definition) is 4. The number of likely N-dealkylation sites (tertiary alicyclic amines) is 1. The summed E-state index contributed by atoms with van der Waals surface area (Å²) in [6, 6.07) is 0. The highest BCUT2D eigenvalue weighted by Crippen LogP contribution is 2.48. The highest BCUT2D eigenvalue weighted by molar-refractivity contribution is 5.73. The first-order valence-electron chi connectivity index (χ1n) is 8.96. The van der Waals surface area contributed by atoms with Crippen LogP contribution in [0, 0.1) is 23.7 Å². The first-order chi connectivity index (χ1) is 10.8. The van der Waals surface area contributed by atoms with E-state index in [-0.39, 0.29) is 18.0 Å². The van der Waals surface area contributed by atoms with E-state index in [0.717, 1.165) is 18.8 Å². The van der Waals surface area contributed by atoms with Gasteiger partial charge in [-0.05, 0) is 64.2 Å². The summed E-state index contributed by atoms with van der Waals surface area (Å²) >= 11 is 0. The number of carbonyl (C=O) groups is 2. The van der Waals surface area contributed by atoms with Crippen LogP contribution in [-0.2, 0) is 14.3 Å². The van der Waals surface area contributed by atoms with Crippen LogP contribution in [-0.4, -0.2) is 42.3 Å². The topological polar surface area (TPSA) is 55.8 Å². The molecular weight excluding hydrogens is 294 g/mol. The van der Waals surface area contributed by atoms with E-state index in [9.17, 15) is 9.59 Å². The third-order valence-corrected chi connectivity index (χ3v) is 5.42. The summed E-state index contributed by atoms with van der Waals surface area (Å²) in [5.74, 6) is 1.95. The molecule has 130 valence electrons. The lowest BCUT2D eigenvalue weighted by Gasteiger charge is -2.39. The molecule has 23 heavy (non-hydrogen) atoms. The Morgan fingerprint density at radius 1 is 1.13 bits per heavy atom. The SMILES string of the molecule is CC(C)(C)OC(=O)N1CC(CCOC(=O)[C@H]2C[C@H]3CC[C@H]2C3)C1. The number of hydrogen-bond donors (Lipinski definition) is 0. The molecule has 0 N–H and O–H groups in total. The van der Waals surface area contributed by atoms with Crippen LogP contribution in [0.15, 0.2) is 0 Å². The number of ether oxygens (including phenoxy) is 2. The minimum absolute atomic E-state index is 0.0144. The van der Waals surface area contributed by atoms with E-state index in [1.54, 1.807) is 4.90 Å². The lowest BCUT2D eigenvalue weighted by Crippen LogP contribution is -2.51. The number of rotatable bonds is 4. The molecule has 0 spiro atoms. The van der Waals surface area contributed by atoms with Crippen LogP contribution < -0.4 is 0 Å². The Morgan fingerprint density at radius 2 is 1.87 bits per heavy atom. The smallest absolute Gasteiger partial charge is 0.410 e. The fraction of sp³-hybridized carbons (Fsp3) is 0.889. The number of fused-ring (bicyclic) bond motifs is 2. The minimum Gasteiger partial charge on any atom is -0.465 e. The van der Waals surface area contributed by atoms with Gasteiger partial charge in [-0.15, -0.1) is 0 Å². The van der Waals surface area contributed by atoms with Gasteiger partial charge in [0.25, 0.3) is 0 Å². The maximum absolute atomic E-state index is 12.1. The van der Waals surface area contributed by atoms with E-state index in [2.05, 4.69) is 0 Å². The molecule has 0 radical (unpaired) electrons. The Balaban J connectivity index is 1.29. The van der Waals surface area contributed by atoms with E-state index >= 15 is 0 Å². The molecule has 1 heterocycles. The van der Waals surface area contributed by atoms with Crippen LogP contribution in [0.3, 0.4) is 0 Å². The van der Waals surface area contributed by atoms with Crippen LogP contribution in [0.25, 0.3) is 0 Å². The maximum Gasteiger partial charge on any atom is 0.410 e. The number of esters is 1. The monoisotopic (exact) mass is 323 g/mol. The molecule has 5 nitrogen and oxygen atoms in total. The van der Waals surface area contributed by atoms with Gasteiger partial charge >= 0.3 is 12.1 Å². The number of amides is 1. The van der Waals surface area contributed by atoms with Crippen molar-refractivity contribution < 1.29 is 19.1 Å². The summed E-state index contributed by atoms with van der Waals surface area (Å²) in [6.07, 6.45) is 5.38. The quantitative estimate of drug-likeness (QED) is 0.745. The predicted molar refractivity (Wildman–Crippen MR) is 85.8 cm³/mol. The zero-order chi connectivity index (χ0) is 16.6. The van der Waals surface area contributed by atoms with Gasteiger partial charge < -0.3 is 14.4 Å². The van der Waals surface area contributed by atoms with Gasteiger partial charge in [0.05, 0.1) is 12.5 Å². The molecule has 1 saturated heterocycles. The molecule has 3 rings (SSSR count). The van der Waals surface area contributed by atoms with Gasteiger partial charge in [0.1, 0.15) is 5.60 Å². The number of carbonyl (C=O) groups excluding carboxylic acids is 2. The summed E-state index contributed by atoms with van der Waals surface area (Å²) in [5.41, 5.74) is -0.446. The standard InChI is InChI=1S/C18H29NO4/c1-18(2,3)23-17(21)19-10-13(11-19)6-7-22-16(20)15-9-12-4-5-14(15)8-12/h12-15H,4-11H2,1-3H3/t12-,14-,15-/m0/s1. The first-order valence-corrected chi connectivity index (χ1v) is 8.96. The molecule has 0 unspecified atom stereocenters. The molecule has 2 aliphatic carbocycles. The Labute approximate surface area is 138 Å². The molecule has 0 aromatic rings. The molecule has 5 heteroatoms. The summed E-state index contributed by atoms with van der Waals surface area (Å²) in [4.78, 5) is 25.7. The van der Waals surface area contributed by atoms with Gasteiger partial charge in [-0.1, -0.05) is 6.42 Å². The van der Waals surface area contributed by atoms with E-state index in [0.29, 0.717) is 31.5 Å². The highest BCUT2D eigenvalue weighted by Gasteiger charge is 2.44. The molecule has 1 amide bonds. The molecular formula is C18H29NO4. The Kier molecular flexibility index (Phi) is 4.56. The van der Waals surface area contributed by atoms with Crippen molar-refractivity contribution in [3.8, 4) is 0 Å². The van der Waals surface area contributed by atoms with Gasteiger partial charge in [0.2, 0.25) is 0 Å². The van der Waals surface area contributed by atoms with E-state index in [1.807, 2.05) is 20.8 Å². The lowest BCUT2D eigenvalue weighted by molar-refractivity contribution is -0.151. The van der Waals surface area contributed by atoms with Gasteiger partial charge in [-0.3, -0.25) is 4.79 Å². The van der Waals surface area contributed by atoms with Crippen molar-refractivity contribution in [2.75, 3.05) is 19.7 Å². The van der Waals surface area contributed by atoms with Crippen LogP contribution >= 0.6 is 0 Å². The van der Waals surface area contributed by atoms with E-state index in [1.165, 1.54) is 19.3 Å². The second-order valence-electron chi connectivity index (χ2n) is 8.49. The molecule has 1 aliphatic heterocycles. The average molecular weight is 323 g/mol. The fourth-order valence-corrected chi connectivity index (χ4v) is 4.19. The molecule has 3 fully saturated rings. The first kappa shape index (κ1) is 16.6. The van der Waals surface area contributed by atoms with E-state index < -0.39 is 5.60 Å². The Hall–Kier alpha value is -1.26. The zero-order valence-electron chi connectivity index (χ0n) is 14.5. The normalized spacial score (nSPS) is 30.2. The van der Waals surface area contributed by atoms with Crippen LogP contribution in [0.2, 0.25) is 0 Å². The fourth-order valence-electron chi connectivity index (χ4n) is 4.19. The van der Waals surface area contributed by atoms with Crippen molar-refractivity contribution >= 4 is 12.1 Å². The third kappa shape index (κ3) is 3.99. The van der Waals surface area contributed by atoms with Crippen molar-refractivity contribution in [3.63, 3.8) is 0 Å².